The zero-order chi connectivity index (χ0) is 14.5. The number of carbonyl (C=O) groups is 2. The first-order valence-corrected chi connectivity index (χ1v) is 6.44. The topological polar surface area (TPSA) is 64.0 Å². The van der Waals surface area contributed by atoms with Crippen molar-refractivity contribution in [1.82, 2.24) is 14.9 Å². The number of benzene rings is 1. The van der Waals surface area contributed by atoms with Gasteiger partial charge in [0.25, 0.3) is 0 Å². The monoisotopic (exact) mass is 271 g/mol. The van der Waals surface area contributed by atoms with Crippen molar-refractivity contribution in [3.8, 4) is 0 Å². The van der Waals surface area contributed by atoms with Crippen LogP contribution in [0.15, 0.2) is 42.7 Å². The Morgan fingerprint density at radius 1 is 1.30 bits per heavy atom. The number of ketones is 1. The van der Waals surface area contributed by atoms with E-state index in [0.717, 1.165) is 5.56 Å². The molecule has 0 aliphatic carbocycles. The van der Waals surface area contributed by atoms with Crippen molar-refractivity contribution >= 4 is 11.7 Å². The Labute approximate surface area is 117 Å². The maximum absolute atomic E-state index is 12.0. The molecule has 1 unspecified atom stereocenters. The first kappa shape index (κ1) is 14.0. The van der Waals surface area contributed by atoms with E-state index in [1.807, 2.05) is 37.3 Å². The van der Waals surface area contributed by atoms with Crippen LogP contribution in [0.25, 0.3) is 0 Å². The second kappa shape index (κ2) is 6.14. The van der Waals surface area contributed by atoms with Gasteiger partial charge in [-0.05, 0) is 12.5 Å². The van der Waals surface area contributed by atoms with Crippen molar-refractivity contribution in [3.63, 3.8) is 0 Å². The summed E-state index contributed by atoms with van der Waals surface area (Å²) in [5.74, 6) is -0.00623. The molecule has 20 heavy (non-hydrogen) atoms. The van der Waals surface area contributed by atoms with Crippen LogP contribution < -0.4 is 5.32 Å². The van der Waals surface area contributed by atoms with E-state index in [9.17, 15) is 9.59 Å². The molecule has 104 valence electrons. The Kier molecular flexibility index (Phi) is 4.30. The van der Waals surface area contributed by atoms with E-state index >= 15 is 0 Å². The minimum absolute atomic E-state index is 0.0759. The molecule has 2 rings (SSSR count). The van der Waals surface area contributed by atoms with Gasteiger partial charge in [0.1, 0.15) is 6.54 Å². The molecule has 0 aliphatic rings. The molecule has 0 radical (unpaired) electrons. The summed E-state index contributed by atoms with van der Waals surface area (Å²) in [6, 6.07) is 9.64. The minimum Gasteiger partial charge on any atom is -0.348 e. The van der Waals surface area contributed by atoms with Crippen LogP contribution in [0.3, 0.4) is 0 Å². The molecule has 1 aromatic heterocycles. The van der Waals surface area contributed by atoms with Crippen molar-refractivity contribution in [3.05, 3.63) is 54.1 Å². The van der Waals surface area contributed by atoms with E-state index in [0.29, 0.717) is 5.82 Å². The zero-order valence-electron chi connectivity index (χ0n) is 11.5. The van der Waals surface area contributed by atoms with Gasteiger partial charge in [0.05, 0.1) is 6.04 Å². The highest BCUT2D eigenvalue weighted by Gasteiger charge is 2.13. The second-order valence-corrected chi connectivity index (χ2v) is 4.63. The lowest BCUT2D eigenvalue weighted by Crippen LogP contribution is -2.30. The molecule has 1 N–H and O–H groups in total. The quantitative estimate of drug-likeness (QED) is 0.845. The Morgan fingerprint density at radius 3 is 2.65 bits per heavy atom. The number of aromatic nitrogens is 2. The number of amides is 1. The number of nitrogens with one attached hydrogen (secondary N) is 1. The van der Waals surface area contributed by atoms with E-state index in [1.54, 1.807) is 10.8 Å². The fraction of sp³-hybridized carbons (Fsp3) is 0.267. The van der Waals surface area contributed by atoms with Crippen LogP contribution >= 0.6 is 0 Å². The predicted octanol–water partition coefficient (Wildman–Crippen LogP) is 1.96. The average Bonchev–Trinajstić information content (AvgIpc) is 2.87. The van der Waals surface area contributed by atoms with Gasteiger partial charge in [0, 0.05) is 19.3 Å². The van der Waals surface area contributed by atoms with Gasteiger partial charge < -0.3 is 9.88 Å². The number of nitrogens with zero attached hydrogens (tertiary/aromatic N) is 2. The molecule has 2 aromatic rings. The van der Waals surface area contributed by atoms with Crippen LogP contribution in [0, 0.1) is 0 Å². The van der Waals surface area contributed by atoms with Gasteiger partial charge >= 0.3 is 0 Å². The van der Waals surface area contributed by atoms with Crippen LogP contribution in [0.4, 0.5) is 0 Å². The molecule has 1 atom stereocenters. The first-order chi connectivity index (χ1) is 9.58. The maximum Gasteiger partial charge on any atom is 0.240 e. The summed E-state index contributed by atoms with van der Waals surface area (Å²) in [4.78, 5) is 27.3. The number of hydrogen-bond acceptors (Lipinski definition) is 3. The third-order valence-electron chi connectivity index (χ3n) is 3.02. The van der Waals surface area contributed by atoms with E-state index in [4.69, 9.17) is 0 Å². The first-order valence-electron chi connectivity index (χ1n) is 6.44. The molecule has 0 spiro atoms. The van der Waals surface area contributed by atoms with E-state index in [1.165, 1.54) is 13.1 Å². The number of imidazole rings is 1. The molecule has 0 aliphatic heterocycles. The Balaban J connectivity index is 1.99. The molecule has 1 aromatic carbocycles. The lowest BCUT2D eigenvalue weighted by atomic mass is 10.1. The van der Waals surface area contributed by atoms with Crippen molar-refractivity contribution in [2.45, 2.75) is 26.4 Å². The molecule has 0 fully saturated rings. The summed E-state index contributed by atoms with van der Waals surface area (Å²) >= 11 is 0. The second-order valence-electron chi connectivity index (χ2n) is 4.63. The predicted molar refractivity (Wildman–Crippen MR) is 75.2 cm³/mol. The molecule has 1 amide bonds. The molecular formula is C15H17N3O2. The number of Topliss-reactive ketones (excluding diaryl/α,β-unsaturated/α-hetero) is 1. The van der Waals surface area contributed by atoms with Gasteiger partial charge in [-0.2, -0.15) is 0 Å². The standard InChI is InChI=1S/C15H17N3O2/c1-11(13-6-4-3-5-7-13)17-14(20)10-18-9-8-16-15(18)12(2)19/h3-9,11H,10H2,1-2H3,(H,17,20). The third kappa shape index (κ3) is 3.32. The van der Waals surface area contributed by atoms with Crippen molar-refractivity contribution in [2.24, 2.45) is 0 Å². The van der Waals surface area contributed by atoms with Crippen LogP contribution in [0.5, 0.6) is 0 Å². The van der Waals surface area contributed by atoms with Crippen molar-refractivity contribution in [2.75, 3.05) is 0 Å². The summed E-state index contributed by atoms with van der Waals surface area (Å²) in [5.41, 5.74) is 1.04. The normalized spacial score (nSPS) is 11.9. The van der Waals surface area contributed by atoms with Crippen LogP contribution in [-0.2, 0) is 11.3 Å². The maximum atomic E-state index is 12.0. The van der Waals surface area contributed by atoms with Crippen LogP contribution in [0.1, 0.15) is 36.1 Å². The Bertz CT molecular complexity index is 605. The smallest absolute Gasteiger partial charge is 0.240 e. The Hall–Kier alpha value is -2.43. The van der Waals surface area contributed by atoms with Crippen molar-refractivity contribution in [1.29, 1.82) is 0 Å². The van der Waals surface area contributed by atoms with Gasteiger partial charge in [0.2, 0.25) is 5.91 Å². The van der Waals surface area contributed by atoms with Gasteiger partial charge in [-0.1, -0.05) is 30.3 Å². The SMILES string of the molecule is CC(=O)c1nccn1CC(=O)NC(C)c1ccccc1. The molecule has 0 saturated heterocycles. The summed E-state index contributed by atoms with van der Waals surface area (Å²) in [6.07, 6.45) is 3.15. The zero-order valence-corrected chi connectivity index (χ0v) is 11.5. The lowest BCUT2D eigenvalue weighted by molar-refractivity contribution is -0.122. The molecule has 5 nitrogen and oxygen atoms in total. The van der Waals surface area contributed by atoms with Crippen LogP contribution in [-0.4, -0.2) is 21.2 Å². The van der Waals surface area contributed by atoms with E-state index in [2.05, 4.69) is 10.3 Å². The number of carbonyl (C=O) groups excluding carboxylic acids is 2. The van der Waals surface area contributed by atoms with Crippen LogP contribution in [0.2, 0.25) is 0 Å². The highest BCUT2D eigenvalue weighted by molar-refractivity contribution is 5.91. The molecular weight excluding hydrogens is 254 g/mol. The third-order valence-corrected chi connectivity index (χ3v) is 3.02. The van der Waals surface area contributed by atoms with Gasteiger partial charge in [-0.15, -0.1) is 0 Å². The van der Waals surface area contributed by atoms with Gasteiger partial charge in [0.15, 0.2) is 11.6 Å². The van der Waals surface area contributed by atoms with E-state index in [-0.39, 0.29) is 24.3 Å². The Morgan fingerprint density at radius 2 is 2.00 bits per heavy atom. The fourth-order valence-corrected chi connectivity index (χ4v) is 2.02. The average molecular weight is 271 g/mol. The lowest BCUT2D eigenvalue weighted by Gasteiger charge is -2.15. The summed E-state index contributed by atoms with van der Waals surface area (Å²) in [5, 5.41) is 2.90. The summed E-state index contributed by atoms with van der Waals surface area (Å²) in [7, 11) is 0. The number of hydrogen-bond donors (Lipinski definition) is 1. The fourth-order valence-electron chi connectivity index (χ4n) is 2.02. The number of rotatable bonds is 5. The molecule has 1 heterocycles. The highest BCUT2D eigenvalue weighted by atomic mass is 16.2. The van der Waals surface area contributed by atoms with Gasteiger partial charge in [-0.25, -0.2) is 4.98 Å². The summed E-state index contributed by atoms with van der Waals surface area (Å²) < 4.78 is 1.55. The summed E-state index contributed by atoms with van der Waals surface area (Å²) in [6.45, 7) is 3.45. The van der Waals surface area contributed by atoms with E-state index < -0.39 is 0 Å². The van der Waals surface area contributed by atoms with Crippen molar-refractivity contribution < 1.29 is 9.59 Å². The molecule has 0 saturated carbocycles. The molecule has 5 heteroatoms. The van der Waals surface area contributed by atoms with Gasteiger partial charge in [-0.3, -0.25) is 9.59 Å². The molecule has 0 bridgehead atoms. The highest BCUT2D eigenvalue weighted by Crippen LogP contribution is 2.11. The minimum atomic E-state index is -0.154. The largest absolute Gasteiger partial charge is 0.348 e.